The molecule has 0 amide bonds. The lowest BCUT2D eigenvalue weighted by molar-refractivity contribution is 0.0855. The van der Waals surface area contributed by atoms with Crippen molar-refractivity contribution in [1.29, 1.82) is 0 Å². The highest BCUT2D eigenvalue weighted by atomic mass is 16.5. The summed E-state index contributed by atoms with van der Waals surface area (Å²) in [6, 6.07) is 0.753. The van der Waals surface area contributed by atoms with Crippen LogP contribution in [0.15, 0.2) is 12.2 Å². The van der Waals surface area contributed by atoms with Gasteiger partial charge < -0.3 is 10.1 Å². The van der Waals surface area contributed by atoms with E-state index in [9.17, 15) is 0 Å². The number of ether oxygens (including phenoxy) is 1. The van der Waals surface area contributed by atoms with Gasteiger partial charge in [-0.05, 0) is 26.7 Å². The van der Waals surface area contributed by atoms with E-state index in [0.29, 0.717) is 6.10 Å². The van der Waals surface area contributed by atoms with Crippen LogP contribution in [0.3, 0.4) is 0 Å². The predicted molar refractivity (Wildman–Crippen MR) is 60.5 cm³/mol. The van der Waals surface area contributed by atoms with Gasteiger partial charge in [-0.3, -0.25) is 0 Å². The molecule has 1 rings (SSSR count). The quantitative estimate of drug-likeness (QED) is 0.661. The minimum atomic E-state index is 0.326. The SMILES string of the molecule is CC=CCOC(C)CNC1CCCC1. The first-order valence-corrected chi connectivity index (χ1v) is 5.79. The van der Waals surface area contributed by atoms with E-state index in [-0.39, 0.29) is 0 Å². The Hall–Kier alpha value is -0.340. The third-order valence-electron chi connectivity index (χ3n) is 2.76. The van der Waals surface area contributed by atoms with Crippen molar-refractivity contribution in [2.45, 2.75) is 51.7 Å². The predicted octanol–water partition coefficient (Wildman–Crippen LogP) is 2.50. The van der Waals surface area contributed by atoms with Crippen molar-refractivity contribution in [2.75, 3.05) is 13.2 Å². The number of rotatable bonds is 6. The standard InChI is InChI=1S/C12H23NO/c1-3-4-9-14-11(2)10-13-12-7-5-6-8-12/h3-4,11-13H,5-10H2,1-2H3. The minimum absolute atomic E-state index is 0.326. The van der Waals surface area contributed by atoms with Gasteiger partial charge in [-0.15, -0.1) is 0 Å². The Bertz CT molecular complexity index is 162. The zero-order chi connectivity index (χ0) is 10.2. The molecule has 1 aliphatic rings. The molecule has 0 spiro atoms. The van der Waals surface area contributed by atoms with Crippen LogP contribution in [0.5, 0.6) is 0 Å². The highest BCUT2D eigenvalue weighted by Gasteiger charge is 2.14. The van der Waals surface area contributed by atoms with Gasteiger partial charge in [0.05, 0.1) is 12.7 Å². The molecule has 2 heteroatoms. The fraction of sp³-hybridized carbons (Fsp3) is 0.833. The van der Waals surface area contributed by atoms with E-state index in [2.05, 4.69) is 12.2 Å². The van der Waals surface area contributed by atoms with Crippen molar-refractivity contribution in [1.82, 2.24) is 5.32 Å². The second kappa shape index (κ2) is 7.02. The van der Waals surface area contributed by atoms with E-state index in [1.54, 1.807) is 0 Å². The average molecular weight is 197 g/mol. The van der Waals surface area contributed by atoms with Crippen LogP contribution in [-0.4, -0.2) is 25.3 Å². The van der Waals surface area contributed by atoms with Gasteiger partial charge in [0.1, 0.15) is 0 Å². The van der Waals surface area contributed by atoms with Gasteiger partial charge >= 0.3 is 0 Å². The molecule has 1 atom stereocenters. The molecule has 0 aliphatic heterocycles. The first-order chi connectivity index (χ1) is 6.83. The summed E-state index contributed by atoms with van der Waals surface area (Å²) < 4.78 is 5.59. The molecule has 1 N–H and O–H groups in total. The van der Waals surface area contributed by atoms with E-state index < -0.39 is 0 Å². The van der Waals surface area contributed by atoms with Crippen molar-refractivity contribution < 1.29 is 4.74 Å². The van der Waals surface area contributed by atoms with Gasteiger partial charge in [0.25, 0.3) is 0 Å². The molecule has 0 radical (unpaired) electrons. The summed E-state index contributed by atoms with van der Waals surface area (Å²) in [6.45, 7) is 5.88. The van der Waals surface area contributed by atoms with Crippen LogP contribution in [-0.2, 0) is 4.74 Å². The van der Waals surface area contributed by atoms with Crippen LogP contribution in [0.4, 0.5) is 0 Å². The van der Waals surface area contributed by atoms with Gasteiger partial charge in [-0.1, -0.05) is 25.0 Å². The number of allylic oxidation sites excluding steroid dienone is 1. The second-order valence-corrected chi connectivity index (χ2v) is 4.10. The fourth-order valence-corrected chi connectivity index (χ4v) is 1.84. The van der Waals surface area contributed by atoms with Crippen LogP contribution in [0.1, 0.15) is 39.5 Å². The summed E-state index contributed by atoms with van der Waals surface area (Å²) in [4.78, 5) is 0. The van der Waals surface area contributed by atoms with E-state index in [1.807, 2.05) is 19.1 Å². The number of hydrogen-bond acceptors (Lipinski definition) is 2. The van der Waals surface area contributed by atoms with Crippen LogP contribution in [0.25, 0.3) is 0 Å². The molecular formula is C12H23NO. The van der Waals surface area contributed by atoms with Gasteiger partial charge in [0.2, 0.25) is 0 Å². The van der Waals surface area contributed by atoms with Gasteiger partial charge in [-0.2, -0.15) is 0 Å². The molecule has 0 bridgehead atoms. The maximum absolute atomic E-state index is 5.59. The molecular weight excluding hydrogens is 174 g/mol. The molecule has 82 valence electrons. The van der Waals surface area contributed by atoms with Gasteiger partial charge in [-0.25, -0.2) is 0 Å². The average Bonchev–Trinajstić information content (AvgIpc) is 2.68. The lowest BCUT2D eigenvalue weighted by Gasteiger charge is -2.16. The minimum Gasteiger partial charge on any atom is -0.373 e. The summed E-state index contributed by atoms with van der Waals surface area (Å²) in [5.41, 5.74) is 0. The molecule has 1 saturated carbocycles. The Balaban J connectivity index is 1.99. The molecule has 0 aromatic carbocycles. The van der Waals surface area contributed by atoms with E-state index >= 15 is 0 Å². The lowest BCUT2D eigenvalue weighted by atomic mass is 10.2. The summed E-state index contributed by atoms with van der Waals surface area (Å²) in [7, 11) is 0. The third kappa shape index (κ3) is 4.77. The molecule has 0 heterocycles. The Morgan fingerprint density at radius 2 is 2.14 bits per heavy atom. The van der Waals surface area contributed by atoms with E-state index in [0.717, 1.165) is 19.2 Å². The summed E-state index contributed by atoms with van der Waals surface area (Å²) in [6.07, 6.45) is 9.88. The largest absolute Gasteiger partial charge is 0.373 e. The Morgan fingerprint density at radius 1 is 1.43 bits per heavy atom. The van der Waals surface area contributed by atoms with Crippen molar-refractivity contribution in [2.24, 2.45) is 0 Å². The number of nitrogens with one attached hydrogen (secondary N) is 1. The van der Waals surface area contributed by atoms with E-state index in [1.165, 1.54) is 25.7 Å². The maximum Gasteiger partial charge on any atom is 0.0675 e. The Labute approximate surface area is 87.7 Å². The lowest BCUT2D eigenvalue weighted by Crippen LogP contribution is -2.33. The van der Waals surface area contributed by atoms with E-state index in [4.69, 9.17) is 4.74 Å². The Morgan fingerprint density at radius 3 is 2.79 bits per heavy atom. The smallest absolute Gasteiger partial charge is 0.0675 e. The maximum atomic E-state index is 5.59. The van der Waals surface area contributed by atoms with Crippen molar-refractivity contribution >= 4 is 0 Å². The summed E-state index contributed by atoms with van der Waals surface area (Å²) in [5.74, 6) is 0. The van der Waals surface area contributed by atoms with Crippen molar-refractivity contribution in [3.05, 3.63) is 12.2 Å². The summed E-state index contributed by atoms with van der Waals surface area (Å²) in [5, 5.41) is 3.56. The monoisotopic (exact) mass is 197 g/mol. The molecule has 1 aliphatic carbocycles. The normalized spacial score (nSPS) is 20.7. The van der Waals surface area contributed by atoms with Crippen molar-refractivity contribution in [3.63, 3.8) is 0 Å². The molecule has 2 nitrogen and oxygen atoms in total. The molecule has 14 heavy (non-hydrogen) atoms. The molecule has 0 saturated heterocycles. The zero-order valence-electron chi connectivity index (χ0n) is 9.46. The van der Waals surface area contributed by atoms with Crippen molar-refractivity contribution in [3.8, 4) is 0 Å². The third-order valence-corrected chi connectivity index (χ3v) is 2.76. The molecule has 1 fully saturated rings. The first-order valence-electron chi connectivity index (χ1n) is 5.79. The molecule has 0 aromatic heterocycles. The number of hydrogen-bond donors (Lipinski definition) is 1. The van der Waals surface area contributed by atoms with Gasteiger partial charge in [0, 0.05) is 12.6 Å². The van der Waals surface area contributed by atoms with Crippen LogP contribution in [0, 0.1) is 0 Å². The highest BCUT2D eigenvalue weighted by Crippen LogP contribution is 2.17. The van der Waals surface area contributed by atoms with Crippen LogP contribution >= 0.6 is 0 Å². The second-order valence-electron chi connectivity index (χ2n) is 4.10. The first kappa shape index (κ1) is 11.7. The Kier molecular flexibility index (Phi) is 5.88. The van der Waals surface area contributed by atoms with Crippen LogP contribution < -0.4 is 5.32 Å². The highest BCUT2D eigenvalue weighted by molar-refractivity contribution is 4.77. The topological polar surface area (TPSA) is 21.3 Å². The summed E-state index contributed by atoms with van der Waals surface area (Å²) >= 11 is 0. The molecule has 0 aromatic rings. The van der Waals surface area contributed by atoms with Gasteiger partial charge in [0.15, 0.2) is 0 Å². The van der Waals surface area contributed by atoms with Crippen LogP contribution in [0.2, 0.25) is 0 Å². The zero-order valence-corrected chi connectivity index (χ0v) is 9.46. The fourth-order valence-electron chi connectivity index (χ4n) is 1.84. The molecule has 1 unspecified atom stereocenters.